The number of nitrogens with two attached hydrogens (primary N) is 1. The monoisotopic (exact) mass is 296 g/mol. The van der Waals surface area contributed by atoms with Crippen LogP contribution in [0.4, 0.5) is 0 Å². The van der Waals surface area contributed by atoms with Gasteiger partial charge in [0.25, 0.3) is 5.91 Å². The topological polar surface area (TPSA) is 64.3 Å². The van der Waals surface area contributed by atoms with Gasteiger partial charge in [0, 0.05) is 17.1 Å². The van der Waals surface area contributed by atoms with E-state index in [1.807, 2.05) is 0 Å². The van der Waals surface area contributed by atoms with Crippen LogP contribution in [0.2, 0.25) is 5.02 Å². The Morgan fingerprint density at radius 3 is 2.70 bits per heavy atom. The summed E-state index contributed by atoms with van der Waals surface area (Å²) in [6.07, 6.45) is 5.39. The fraction of sp³-hybridized carbons (Fsp3) is 0.533. The lowest BCUT2D eigenvalue weighted by Gasteiger charge is -2.22. The van der Waals surface area contributed by atoms with Crippen molar-refractivity contribution in [3.05, 3.63) is 29.3 Å². The van der Waals surface area contributed by atoms with Crippen LogP contribution in [-0.4, -0.2) is 24.6 Å². The van der Waals surface area contributed by atoms with E-state index in [-0.39, 0.29) is 24.6 Å². The number of rotatable bonds is 4. The van der Waals surface area contributed by atoms with E-state index in [1.54, 1.807) is 24.3 Å². The van der Waals surface area contributed by atoms with Crippen molar-refractivity contribution in [2.24, 2.45) is 5.73 Å². The Hall–Kier alpha value is -1.26. The summed E-state index contributed by atoms with van der Waals surface area (Å²) in [6, 6.07) is 7.07. The fourth-order valence-electron chi connectivity index (χ4n) is 2.44. The SMILES string of the molecule is NC1CCCCCC1NC(=O)COc1ccc(Cl)cc1. The molecule has 1 aromatic rings. The van der Waals surface area contributed by atoms with Crippen LogP contribution in [0, 0.1) is 0 Å². The third-order valence-electron chi connectivity index (χ3n) is 3.60. The average Bonchev–Trinajstić information content (AvgIpc) is 2.64. The van der Waals surface area contributed by atoms with Crippen LogP contribution in [0.15, 0.2) is 24.3 Å². The van der Waals surface area contributed by atoms with Gasteiger partial charge in [-0.15, -0.1) is 0 Å². The molecule has 2 atom stereocenters. The van der Waals surface area contributed by atoms with Crippen molar-refractivity contribution in [2.45, 2.75) is 44.2 Å². The van der Waals surface area contributed by atoms with Crippen molar-refractivity contribution in [2.75, 3.05) is 6.61 Å². The summed E-state index contributed by atoms with van der Waals surface area (Å²) in [4.78, 5) is 11.9. The van der Waals surface area contributed by atoms with Gasteiger partial charge in [0.15, 0.2) is 6.61 Å². The van der Waals surface area contributed by atoms with Crippen LogP contribution in [-0.2, 0) is 4.79 Å². The molecule has 1 aromatic carbocycles. The summed E-state index contributed by atoms with van der Waals surface area (Å²) in [6.45, 7) is 0.00481. The third kappa shape index (κ3) is 4.69. The Bertz CT molecular complexity index is 436. The summed E-state index contributed by atoms with van der Waals surface area (Å²) in [5.41, 5.74) is 6.08. The molecule has 20 heavy (non-hydrogen) atoms. The minimum absolute atomic E-state index is 0.00481. The molecule has 0 bridgehead atoms. The molecule has 0 spiro atoms. The van der Waals surface area contributed by atoms with E-state index in [4.69, 9.17) is 22.1 Å². The van der Waals surface area contributed by atoms with Crippen LogP contribution < -0.4 is 15.8 Å². The first-order valence-corrected chi connectivity index (χ1v) is 7.46. The molecule has 1 aliphatic carbocycles. The Labute approximate surface area is 124 Å². The van der Waals surface area contributed by atoms with Crippen LogP contribution in [0.3, 0.4) is 0 Å². The number of halogens is 1. The highest BCUT2D eigenvalue weighted by molar-refractivity contribution is 6.30. The number of amides is 1. The van der Waals surface area contributed by atoms with E-state index in [0.717, 1.165) is 25.7 Å². The molecule has 4 nitrogen and oxygen atoms in total. The maximum absolute atomic E-state index is 11.9. The number of carbonyl (C=O) groups is 1. The Morgan fingerprint density at radius 1 is 1.25 bits per heavy atom. The van der Waals surface area contributed by atoms with E-state index in [9.17, 15) is 4.79 Å². The zero-order valence-electron chi connectivity index (χ0n) is 11.5. The molecule has 5 heteroatoms. The second-order valence-corrected chi connectivity index (χ2v) is 5.65. The third-order valence-corrected chi connectivity index (χ3v) is 3.85. The molecule has 3 N–H and O–H groups in total. The largest absolute Gasteiger partial charge is 0.484 e. The molecular weight excluding hydrogens is 276 g/mol. The summed E-state index contributed by atoms with van der Waals surface area (Å²) in [5.74, 6) is 0.511. The molecule has 0 heterocycles. The van der Waals surface area contributed by atoms with Crippen molar-refractivity contribution in [3.8, 4) is 5.75 Å². The van der Waals surface area contributed by atoms with E-state index in [2.05, 4.69) is 5.32 Å². The Balaban J connectivity index is 1.78. The highest BCUT2D eigenvalue weighted by Gasteiger charge is 2.21. The maximum atomic E-state index is 11.9. The number of ether oxygens (including phenoxy) is 1. The van der Waals surface area contributed by atoms with E-state index >= 15 is 0 Å². The predicted molar refractivity (Wildman–Crippen MR) is 79.9 cm³/mol. The quantitative estimate of drug-likeness (QED) is 0.839. The van der Waals surface area contributed by atoms with Crippen LogP contribution in [0.25, 0.3) is 0 Å². The summed E-state index contributed by atoms with van der Waals surface area (Å²) >= 11 is 5.79. The summed E-state index contributed by atoms with van der Waals surface area (Å²) in [5, 5.41) is 3.62. The second-order valence-electron chi connectivity index (χ2n) is 5.22. The number of benzene rings is 1. The van der Waals surface area contributed by atoms with Gasteiger partial charge in [-0.25, -0.2) is 0 Å². The Morgan fingerprint density at radius 2 is 1.95 bits per heavy atom. The van der Waals surface area contributed by atoms with Gasteiger partial charge in [0.05, 0.1) is 0 Å². The van der Waals surface area contributed by atoms with Gasteiger partial charge in [-0.1, -0.05) is 30.9 Å². The molecule has 2 rings (SSSR count). The molecular formula is C15H21ClN2O2. The van der Waals surface area contributed by atoms with Crippen LogP contribution in [0.5, 0.6) is 5.75 Å². The van der Waals surface area contributed by atoms with Crippen molar-refractivity contribution < 1.29 is 9.53 Å². The van der Waals surface area contributed by atoms with Crippen LogP contribution in [0.1, 0.15) is 32.1 Å². The zero-order valence-corrected chi connectivity index (χ0v) is 12.2. The van der Waals surface area contributed by atoms with Gasteiger partial charge < -0.3 is 15.8 Å². The average molecular weight is 297 g/mol. The van der Waals surface area contributed by atoms with Gasteiger partial charge in [-0.05, 0) is 37.1 Å². The first-order chi connectivity index (χ1) is 9.65. The normalized spacial score (nSPS) is 22.9. The van der Waals surface area contributed by atoms with Crippen molar-refractivity contribution in [1.82, 2.24) is 5.32 Å². The smallest absolute Gasteiger partial charge is 0.258 e. The molecule has 2 unspecified atom stereocenters. The van der Waals surface area contributed by atoms with Crippen molar-refractivity contribution >= 4 is 17.5 Å². The molecule has 1 saturated carbocycles. The molecule has 110 valence electrons. The first kappa shape index (κ1) is 15.1. The van der Waals surface area contributed by atoms with Crippen molar-refractivity contribution in [3.63, 3.8) is 0 Å². The minimum Gasteiger partial charge on any atom is -0.484 e. The van der Waals surface area contributed by atoms with E-state index in [1.165, 1.54) is 6.42 Å². The Kier molecular flexibility index (Phi) is 5.68. The lowest BCUT2D eigenvalue weighted by Crippen LogP contribution is -2.48. The number of hydrogen-bond acceptors (Lipinski definition) is 3. The van der Waals surface area contributed by atoms with Crippen LogP contribution >= 0.6 is 11.6 Å². The highest BCUT2D eigenvalue weighted by Crippen LogP contribution is 2.17. The predicted octanol–water partition coefficient (Wildman–Crippen LogP) is 2.50. The molecule has 1 aliphatic rings. The van der Waals surface area contributed by atoms with Crippen molar-refractivity contribution in [1.29, 1.82) is 0 Å². The highest BCUT2D eigenvalue weighted by atomic mass is 35.5. The number of carbonyl (C=O) groups excluding carboxylic acids is 1. The molecule has 0 aliphatic heterocycles. The van der Waals surface area contributed by atoms with Gasteiger partial charge in [0.1, 0.15) is 5.75 Å². The summed E-state index contributed by atoms with van der Waals surface area (Å²) < 4.78 is 5.42. The molecule has 0 aromatic heterocycles. The minimum atomic E-state index is -0.123. The molecule has 1 fully saturated rings. The maximum Gasteiger partial charge on any atom is 0.258 e. The van der Waals surface area contributed by atoms with E-state index in [0.29, 0.717) is 10.8 Å². The van der Waals surface area contributed by atoms with Gasteiger partial charge >= 0.3 is 0 Å². The second kappa shape index (κ2) is 7.50. The first-order valence-electron chi connectivity index (χ1n) is 7.08. The van der Waals surface area contributed by atoms with E-state index < -0.39 is 0 Å². The lowest BCUT2D eigenvalue weighted by molar-refractivity contribution is -0.124. The number of nitrogens with one attached hydrogen (secondary N) is 1. The summed E-state index contributed by atoms with van der Waals surface area (Å²) in [7, 11) is 0. The molecule has 1 amide bonds. The fourth-order valence-corrected chi connectivity index (χ4v) is 2.57. The zero-order chi connectivity index (χ0) is 14.4. The van der Waals surface area contributed by atoms with Gasteiger partial charge in [-0.2, -0.15) is 0 Å². The molecule has 0 radical (unpaired) electrons. The number of hydrogen-bond donors (Lipinski definition) is 2. The molecule has 0 saturated heterocycles. The van der Waals surface area contributed by atoms with Gasteiger partial charge in [-0.3, -0.25) is 4.79 Å². The standard InChI is InChI=1S/C15H21ClN2O2/c16-11-6-8-12(9-7-11)20-10-15(19)18-14-5-3-1-2-4-13(14)17/h6-9,13-14H,1-5,10,17H2,(H,18,19). The lowest BCUT2D eigenvalue weighted by atomic mass is 10.0. The van der Waals surface area contributed by atoms with Gasteiger partial charge in [0.2, 0.25) is 0 Å².